The summed E-state index contributed by atoms with van der Waals surface area (Å²) in [7, 11) is 0. The van der Waals surface area contributed by atoms with Gasteiger partial charge in [-0.2, -0.15) is 0 Å². The summed E-state index contributed by atoms with van der Waals surface area (Å²) in [5.74, 6) is -0.750. The molecular weight excluding hydrogens is 228 g/mol. The highest BCUT2D eigenvalue weighted by Crippen LogP contribution is 2.30. The molecule has 1 aliphatic heterocycles. The maximum atomic E-state index is 11.3. The second-order valence-corrected chi connectivity index (χ2v) is 6.38. The largest absolute Gasteiger partial charge is 0.481 e. The van der Waals surface area contributed by atoms with Crippen molar-refractivity contribution in [2.45, 2.75) is 52.5 Å². The number of aliphatic carboxylic acids is 1. The van der Waals surface area contributed by atoms with E-state index in [1.807, 2.05) is 13.8 Å². The molecule has 1 saturated heterocycles. The Morgan fingerprint density at radius 3 is 2.28 bits per heavy atom. The number of hydrogen-bond donors (Lipinski definition) is 2. The molecule has 1 rings (SSSR count). The van der Waals surface area contributed by atoms with Crippen LogP contribution in [0.2, 0.25) is 0 Å². The van der Waals surface area contributed by atoms with Gasteiger partial charge in [0.05, 0.1) is 5.41 Å². The van der Waals surface area contributed by atoms with E-state index in [4.69, 9.17) is 0 Å². The minimum atomic E-state index is -0.763. The number of nitrogens with one attached hydrogen (secondary N) is 1. The second-order valence-electron chi connectivity index (χ2n) is 6.38. The smallest absolute Gasteiger partial charge is 0.310 e. The van der Waals surface area contributed by atoms with E-state index in [-0.39, 0.29) is 0 Å². The molecule has 0 bridgehead atoms. The summed E-state index contributed by atoms with van der Waals surface area (Å²) in [6.07, 6.45) is 3.73. The van der Waals surface area contributed by atoms with Gasteiger partial charge in [0.15, 0.2) is 0 Å². The first-order chi connectivity index (χ1) is 8.27. The average Bonchev–Trinajstić information content (AvgIpc) is 2.76. The molecule has 0 radical (unpaired) electrons. The summed E-state index contributed by atoms with van der Waals surface area (Å²) in [4.78, 5) is 13.7. The Balaban J connectivity index is 2.30. The van der Waals surface area contributed by atoms with Gasteiger partial charge in [-0.25, -0.2) is 0 Å². The highest BCUT2D eigenvalue weighted by Gasteiger charge is 2.42. The van der Waals surface area contributed by atoms with Crippen molar-refractivity contribution in [1.29, 1.82) is 0 Å². The highest BCUT2D eigenvalue weighted by atomic mass is 16.4. The maximum absolute atomic E-state index is 11.3. The van der Waals surface area contributed by atoms with Crippen LogP contribution in [0.25, 0.3) is 0 Å². The summed E-state index contributed by atoms with van der Waals surface area (Å²) in [6, 6.07) is 0. The van der Waals surface area contributed by atoms with Gasteiger partial charge in [0.1, 0.15) is 0 Å². The van der Waals surface area contributed by atoms with Gasteiger partial charge in [-0.3, -0.25) is 4.79 Å². The van der Waals surface area contributed by atoms with Gasteiger partial charge >= 0.3 is 5.97 Å². The molecule has 0 spiro atoms. The Morgan fingerprint density at radius 1 is 1.22 bits per heavy atom. The molecule has 18 heavy (non-hydrogen) atoms. The highest BCUT2D eigenvalue weighted by molar-refractivity contribution is 5.75. The number of carbonyl (C=O) groups is 1. The summed E-state index contributed by atoms with van der Waals surface area (Å²) in [6.45, 7) is 11.9. The van der Waals surface area contributed by atoms with Crippen molar-refractivity contribution in [3.63, 3.8) is 0 Å². The molecule has 106 valence electrons. The molecule has 0 amide bonds. The van der Waals surface area contributed by atoms with Crippen LogP contribution < -0.4 is 5.32 Å². The molecule has 0 aromatic carbocycles. The Bertz CT molecular complexity index is 282. The zero-order chi connectivity index (χ0) is 13.8. The summed E-state index contributed by atoms with van der Waals surface area (Å²) in [5.41, 5.74) is -1.16. The van der Waals surface area contributed by atoms with E-state index in [1.54, 1.807) is 13.8 Å². The van der Waals surface area contributed by atoms with Crippen molar-refractivity contribution in [2.24, 2.45) is 5.41 Å². The molecule has 0 saturated carbocycles. The quantitative estimate of drug-likeness (QED) is 0.684. The van der Waals surface area contributed by atoms with Crippen molar-refractivity contribution in [2.75, 3.05) is 26.2 Å². The van der Waals surface area contributed by atoms with Gasteiger partial charge in [0.2, 0.25) is 0 Å². The number of carboxylic acid groups (broad SMARTS) is 1. The number of nitrogens with zero attached hydrogens (tertiary/aromatic N) is 1. The van der Waals surface area contributed by atoms with Crippen LogP contribution in [-0.2, 0) is 4.79 Å². The predicted molar refractivity (Wildman–Crippen MR) is 73.8 cm³/mol. The van der Waals surface area contributed by atoms with E-state index >= 15 is 0 Å². The van der Waals surface area contributed by atoms with Crippen LogP contribution in [0, 0.1) is 5.41 Å². The lowest BCUT2D eigenvalue weighted by atomic mass is 9.74. The number of rotatable bonds is 7. The molecule has 0 unspecified atom stereocenters. The van der Waals surface area contributed by atoms with Crippen LogP contribution in [-0.4, -0.2) is 47.7 Å². The van der Waals surface area contributed by atoms with Crippen molar-refractivity contribution in [1.82, 2.24) is 10.2 Å². The van der Waals surface area contributed by atoms with E-state index in [0.717, 1.165) is 19.5 Å². The number of hydrogen-bond acceptors (Lipinski definition) is 3. The standard InChI is InChI=1S/C14H28N2O2/c1-13(2,12(17)18)14(3,4)15-8-7-11-16-9-5-6-10-16/h15H,5-11H2,1-4H3,(H,17,18). The minimum Gasteiger partial charge on any atom is -0.481 e. The van der Waals surface area contributed by atoms with Crippen molar-refractivity contribution in [3.05, 3.63) is 0 Å². The minimum absolute atomic E-state index is 0.399. The molecule has 0 aliphatic carbocycles. The van der Waals surface area contributed by atoms with Gasteiger partial charge in [0.25, 0.3) is 0 Å². The molecule has 0 aromatic heterocycles. The summed E-state index contributed by atoms with van der Waals surface area (Å²) in [5, 5.41) is 12.7. The van der Waals surface area contributed by atoms with Crippen LogP contribution in [0.3, 0.4) is 0 Å². The fourth-order valence-electron chi connectivity index (χ4n) is 2.20. The van der Waals surface area contributed by atoms with Gasteiger partial charge in [-0.1, -0.05) is 0 Å². The second kappa shape index (κ2) is 6.02. The lowest BCUT2D eigenvalue weighted by molar-refractivity contribution is -0.151. The van der Waals surface area contributed by atoms with E-state index in [0.29, 0.717) is 0 Å². The lowest BCUT2D eigenvalue weighted by Crippen LogP contribution is -2.55. The van der Waals surface area contributed by atoms with Crippen LogP contribution in [0.4, 0.5) is 0 Å². The summed E-state index contributed by atoms with van der Waals surface area (Å²) >= 11 is 0. The molecule has 1 heterocycles. The van der Waals surface area contributed by atoms with E-state index in [1.165, 1.54) is 25.9 Å². The van der Waals surface area contributed by atoms with Crippen LogP contribution >= 0.6 is 0 Å². The third-order valence-corrected chi connectivity index (χ3v) is 4.51. The SMILES string of the molecule is CC(C)(NCCCN1CCCC1)C(C)(C)C(=O)O. The monoisotopic (exact) mass is 256 g/mol. The van der Waals surface area contributed by atoms with Crippen molar-refractivity contribution >= 4 is 5.97 Å². The first kappa shape index (κ1) is 15.4. The zero-order valence-corrected chi connectivity index (χ0v) is 12.3. The molecule has 1 aliphatic rings. The van der Waals surface area contributed by atoms with E-state index in [2.05, 4.69) is 10.2 Å². The first-order valence-corrected chi connectivity index (χ1v) is 6.98. The predicted octanol–water partition coefficient (Wildman–Crippen LogP) is 1.95. The van der Waals surface area contributed by atoms with Gasteiger partial charge < -0.3 is 15.3 Å². The van der Waals surface area contributed by atoms with Gasteiger partial charge in [-0.05, 0) is 73.1 Å². The van der Waals surface area contributed by atoms with Crippen molar-refractivity contribution in [3.8, 4) is 0 Å². The number of likely N-dealkylation sites (tertiary alicyclic amines) is 1. The maximum Gasteiger partial charge on any atom is 0.310 e. The van der Waals surface area contributed by atoms with Gasteiger partial charge in [0, 0.05) is 5.54 Å². The zero-order valence-electron chi connectivity index (χ0n) is 12.3. The molecule has 1 fully saturated rings. The molecular formula is C14H28N2O2. The molecule has 0 aromatic rings. The van der Waals surface area contributed by atoms with Crippen LogP contribution in [0.15, 0.2) is 0 Å². The Morgan fingerprint density at radius 2 is 1.78 bits per heavy atom. The topological polar surface area (TPSA) is 52.6 Å². The van der Waals surface area contributed by atoms with Crippen molar-refractivity contribution < 1.29 is 9.90 Å². The third kappa shape index (κ3) is 3.69. The average molecular weight is 256 g/mol. The Hall–Kier alpha value is -0.610. The van der Waals surface area contributed by atoms with Crippen LogP contribution in [0.1, 0.15) is 47.0 Å². The fraction of sp³-hybridized carbons (Fsp3) is 0.929. The first-order valence-electron chi connectivity index (χ1n) is 6.98. The normalized spacial score (nSPS) is 18.2. The lowest BCUT2D eigenvalue weighted by Gasteiger charge is -2.39. The summed E-state index contributed by atoms with van der Waals surface area (Å²) < 4.78 is 0. The Labute approximate surface area is 111 Å². The molecule has 4 nitrogen and oxygen atoms in total. The van der Waals surface area contributed by atoms with Crippen LogP contribution in [0.5, 0.6) is 0 Å². The molecule has 4 heteroatoms. The Kier molecular flexibility index (Phi) is 5.17. The molecule has 0 atom stereocenters. The fourth-order valence-corrected chi connectivity index (χ4v) is 2.20. The van der Waals surface area contributed by atoms with E-state index < -0.39 is 16.9 Å². The van der Waals surface area contributed by atoms with Gasteiger partial charge in [-0.15, -0.1) is 0 Å². The number of carboxylic acids is 1. The third-order valence-electron chi connectivity index (χ3n) is 4.51. The van der Waals surface area contributed by atoms with E-state index in [9.17, 15) is 9.90 Å². The molecule has 2 N–H and O–H groups in total.